The Morgan fingerprint density at radius 3 is 2.47 bits per heavy atom. The van der Waals surface area contributed by atoms with Crippen molar-refractivity contribution in [2.75, 3.05) is 0 Å². The minimum absolute atomic E-state index is 0.466. The lowest BCUT2D eigenvalue weighted by Crippen LogP contribution is -2.27. The van der Waals surface area contributed by atoms with Gasteiger partial charge in [0.15, 0.2) is 0 Å². The van der Waals surface area contributed by atoms with E-state index in [9.17, 15) is 0 Å². The van der Waals surface area contributed by atoms with Crippen molar-refractivity contribution >= 4 is 6.21 Å². The van der Waals surface area contributed by atoms with Gasteiger partial charge in [0.2, 0.25) is 0 Å². The second-order valence-electron chi connectivity index (χ2n) is 6.28. The summed E-state index contributed by atoms with van der Waals surface area (Å²) in [5.74, 6) is 0.874. The first kappa shape index (κ1) is 12.4. The summed E-state index contributed by atoms with van der Waals surface area (Å²) < 4.78 is 0. The van der Waals surface area contributed by atoms with Gasteiger partial charge in [-0.3, -0.25) is 4.99 Å². The molecule has 1 aliphatic rings. The Labute approximate surface area is 105 Å². The van der Waals surface area contributed by atoms with Crippen LogP contribution in [-0.4, -0.2) is 17.2 Å². The summed E-state index contributed by atoms with van der Waals surface area (Å²) >= 11 is 0. The summed E-state index contributed by atoms with van der Waals surface area (Å²) in [5.41, 5.74) is 1.58. The predicted octanol–water partition coefficient (Wildman–Crippen LogP) is 4.04. The van der Waals surface area contributed by atoms with Crippen LogP contribution in [0.1, 0.15) is 52.1 Å². The van der Waals surface area contributed by atoms with E-state index in [4.69, 9.17) is 0 Å². The fourth-order valence-electron chi connectivity index (χ4n) is 2.70. The van der Waals surface area contributed by atoms with Crippen LogP contribution < -0.4 is 0 Å². The van der Waals surface area contributed by atoms with Gasteiger partial charge in [0.1, 0.15) is 0 Å². The number of nitrogens with zero attached hydrogens (tertiary/aromatic N) is 1. The summed E-state index contributed by atoms with van der Waals surface area (Å²) in [7, 11) is 0. The van der Waals surface area contributed by atoms with E-state index in [1.807, 2.05) is 18.5 Å². The SMILES string of the molecule is CC(C)(C)C1CCC(N=Cc2ccc[nH]2)CC1. The van der Waals surface area contributed by atoms with E-state index >= 15 is 0 Å². The first-order valence-corrected chi connectivity index (χ1v) is 6.72. The lowest BCUT2D eigenvalue weighted by Gasteiger charge is -2.35. The largest absolute Gasteiger partial charge is 0.360 e. The zero-order valence-electron chi connectivity index (χ0n) is 11.2. The minimum atomic E-state index is 0.466. The van der Waals surface area contributed by atoms with Crippen molar-refractivity contribution in [3.63, 3.8) is 0 Å². The van der Waals surface area contributed by atoms with E-state index < -0.39 is 0 Å². The molecule has 1 aromatic rings. The normalized spacial score (nSPS) is 26.5. The Kier molecular flexibility index (Phi) is 3.70. The third-order valence-electron chi connectivity index (χ3n) is 3.97. The van der Waals surface area contributed by atoms with E-state index in [0.717, 1.165) is 11.6 Å². The Morgan fingerprint density at radius 1 is 1.24 bits per heavy atom. The first-order chi connectivity index (χ1) is 8.05. The van der Waals surface area contributed by atoms with Crippen LogP contribution in [0, 0.1) is 11.3 Å². The molecule has 1 heterocycles. The van der Waals surface area contributed by atoms with Gasteiger partial charge in [-0.25, -0.2) is 0 Å². The molecule has 2 rings (SSSR count). The van der Waals surface area contributed by atoms with Gasteiger partial charge >= 0.3 is 0 Å². The zero-order valence-corrected chi connectivity index (χ0v) is 11.2. The molecule has 0 aliphatic heterocycles. The summed E-state index contributed by atoms with van der Waals surface area (Å²) in [6.45, 7) is 7.08. The lowest BCUT2D eigenvalue weighted by atomic mass is 9.71. The maximum atomic E-state index is 4.69. The predicted molar refractivity (Wildman–Crippen MR) is 73.6 cm³/mol. The second kappa shape index (κ2) is 5.07. The van der Waals surface area contributed by atoms with E-state index in [2.05, 4.69) is 36.8 Å². The highest BCUT2D eigenvalue weighted by molar-refractivity contribution is 5.77. The summed E-state index contributed by atoms with van der Waals surface area (Å²) in [6.07, 6.45) is 9.09. The summed E-state index contributed by atoms with van der Waals surface area (Å²) in [5, 5.41) is 0. The maximum absolute atomic E-state index is 4.69. The van der Waals surface area contributed by atoms with Crippen molar-refractivity contribution < 1.29 is 0 Å². The molecule has 0 aromatic carbocycles. The highest BCUT2D eigenvalue weighted by atomic mass is 14.8. The van der Waals surface area contributed by atoms with Gasteiger partial charge in [-0.15, -0.1) is 0 Å². The van der Waals surface area contributed by atoms with Crippen LogP contribution in [0.25, 0.3) is 0 Å². The smallest absolute Gasteiger partial charge is 0.0561 e. The van der Waals surface area contributed by atoms with Crippen LogP contribution in [0.2, 0.25) is 0 Å². The monoisotopic (exact) mass is 232 g/mol. The molecule has 1 saturated carbocycles. The minimum Gasteiger partial charge on any atom is -0.360 e. The van der Waals surface area contributed by atoms with Crippen molar-refractivity contribution in [1.82, 2.24) is 4.98 Å². The highest BCUT2D eigenvalue weighted by Crippen LogP contribution is 2.38. The van der Waals surface area contributed by atoms with Crippen molar-refractivity contribution in [2.45, 2.75) is 52.5 Å². The molecular weight excluding hydrogens is 208 g/mol. The van der Waals surface area contributed by atoms with Crippen LogP contribution in [0.15, 0.2) is 23.3 Å². The van der Waals surface area contributed by atoms with E-state index in [0.29, 0.717) is 11.5 Å². The van der Waals surface area contributed by atoms with Crippen LogP contribution in [-0.2, 0) is 0 Å². The number of hydrogen-bond acceptors (Lipinski definition) is 1. The molecule has 1 N–H and O–H groups in total. The fraction of sp³-hybridized carbons (Fsp3) is 0.667. The van der Waals surface area contributed by atoms with Gasteiger partial charge < -0.3 is 4.98 Å². The quantitative estimate of drug-likeness (QED) is 0.745. The molecule has 1 aliphatic carbocycles. The number of aromatic amines is 1. The number of nitrogens with one attached hydrogen (secondary N) is 1. The molecule has 0 unspecified atom stereocenters. The molecule has 0 atom stereocenters. The third-order valence-corrected chi connectivity index (χ3v) is 3.97. The molecular formula is C15H24N2. The number of aliphatic imine (C=N–C) groups is 1. The number of hydrogen-bond donors (Lipinski definition) is 1. The van der Waals surface area contributed by atoms with Gasteiger partial charge in [0.25, 0.3) is 0 Å². The maximum Gasteiger partial charge on any atom is 0.0561 e. The second-order valence-corrected chi connectivity index (χ2v) is 6.28. The Hall–Kier alpha value is -1.05. The van der Waals surface area contributed by atoms with Crippen molar-refractivity contribution in [3.8, 4) is 0 Å². The summed E-state index contributed by atoms with van der Waals surface area (Å²) in [4.78, 5) is 7.85. The topological polar surface area (TPSA) is 28.1 Å². The van der Waals surface area contributed by atoms with Gasteiger partial charge in [0.05, 0.1) is 11.7 Å². The molecule has 1 fully saturated rings. The van der Waals surface area contributed by atoms with Crippen LogP contribution in [0.5, 0.6) is 0 Å². The molecule has 1 aromatic heterocycles. The Balaban J connectivity index is 1.84. The first-order valence-electron chi connectivity index (χ1n) is 6.72. The number of aromatic nitrogens is 1. The molecule has 0 bridgehead atoms. The highest BCUT2D eigenvalue weighted by Gasteiger charge is 2.29. The Bertz CT molecular complexity index is 349. The van der Waals surface area contributed by atoms with Crippen molar-refractivity contribution in [2.24, 2.45) is 16.3 Å². The lowest BCUT2D eigenvalue weighted by molar-refractivity contribution is 0.170. The number of rotatable bonds is 2. The molecule has 0 spiro atoms. The van der Waals surface area contributed by atoms with E-state index in [-0.39, 0.29) is 0 Å². The van der Waals surface area contributed by atoms with Gasteiger partial charge in [-0.05, 0) is 49.1 Å². The molecule has 17 heavy (non-hydrogen) atoms. The van der Waals surface area contributed by atoms with E-state index in [1.54, 1.807) is 0 Å². The van der Waals surface area contributed by atoms with Crippen molar-refractivity contribution in [1.29, 1.82) is 0 Å². The molecule has 94 valence electrons. The van der Waals surface area contributed by atoms with Crippen LogP contribution in [0.3, 0.4) is 0 Å². The van der Waals surface area contributed by atoms with Crippen LogP contribution in [0.4, 0.5) is 0 Å². The molecule has 2 nitrogen and oxygen atoms in total. The summed E-state index contributed by atoms with van der Waals surface area (Å²) in [6, 6.07) is 4.61. The number of H-pyrrole nitrogens is 1. The van der Waals surface area contributed by atoms with Crippen LogP contribution >= 0.6 is 0 Å². The molecule has 0 saturated heterocycles. The third kappa shape index (κ3) is 3.45. The molecule has 0 radical (unpaired) electrons. The zero-order chi connectivity index (χ0) is 12.3. The average molecular weight is 232 g/mol. The average Bonchev–Trinajstić information content (AvgIpc) is 2.78. The molecule has 2 heteroatoms. The van der Waals surface area contributed by atoms with Gasteiger partial charge in [0, 0.05) is 12.4 Å². The Morgan fingerprint density at radius 2 is 1.94 bits per heavy atom. The van der Waals surface area contributed by atoms with E-state index in [1.165, 1.54) is 25.7 Å². The van der Waals surface area contributed by atoms with Gasteiger partial charge in [-0.1, -0.05) is 20.8 Å². The molecule has 0 amide bonds. The standard InChI is InChI=1S/C15H24N2/c1-15(2,3)12-6-8-13(9-7-12)17-11-14-5-4-10-16-14/h4-5,10-13,16H,6-9H2,1-3H3. The fourth-order valence-corrected chi connectivity index (χ4v) is 2.70. The van der Waals surface area contributed by atoms with Crippen molar-refractivity contribution in [3.05, 3.63) is 24.0 Å². The van der Waals surface area contributed by atoms with Gasteiger partial charge in [-0.2, -0.15) is 0 Å².